The van der Waals surface area contributed by atoms with E-state index in [-0.39, 0.29) is 6.42 Å². The summed E-state index contributed by atoms with van der Waals surface area (Å²) in [6.07, 6.45) is 7.15. The Kier molecular flexibility index (Phi) is 7.33. The fraction of sp³-hybridized carbons (Fsp3) is 0.269. The molecule has 0 radical (unpaired) electrons. The minimum absolute atomic E-state index is 0.243. The van der Waals surface area contributed by atoms with Crippen molar-refractivity contribution in [3.63, 3.8) is 0 Å². The van der Waals surface area contributed by atoms with Gasteiger partial charge in [0, 0.05) is 39.5 Å². The van der Waals surface area contributed by atoms with E-state index in [1.165, 1.54) is 15.6 Å². The number of aromatic nitrogens is 1. The Labute approximate surface area is 227 Å². The predicted molar refractivity (Wildman–Crippen MR) is 150 cm³/mol. The van der Waals surface area contributed by atoms with Crippen LogP contribution in [0, 0.1) is 0 Å². The van der Waals surface area contributed by atoms with Crippen molar-refractivity contribution in [1.82, 2.24) is 0 Å². The topological polar surface area (TPSA) is 77.5 Å². The number of rotatable bonds is 8. The summed E-state index contributed by atoms with van der Waals surface area (Å²) >= 11 is 7.00. The lowest BCUT2D eigenvalue weighted by atomic mass is 10.2. The number of allylic oxidation sites excluding steroid dienone is 2. The van der Waals surface area contributed by atoms with Gasteiger partial charge in [0.25, 0.3) is 10.5 Å². The molecule has 4 aromatic rings. The van der Waals surface area contributed by atoms with Gasteiger partial charge in [-0.25, -0.2) is 8.42 Å². The van der Waals surface area contributed by atoms with Crippen LogP contribution in [0.25, 0.3) is 27.3 Å². The van der Waals surface area contributed by atoms with E-state index in [4.69, 9.17) is 4.42 Å². The summed E-state index contributed by atoms with van der Waals surface area (Å²) in [6.45, 7) is 5.56. The third-order valence-electron chi connectivity index (χ3n) is 6.12. The van der Waals surface area contributed by atoms with Gasteiger partial charge in [-0.3, -0.25) is 0 Å². The van der Waals surface area contributed by atoms with E-state index >= 15 is 0 Å². The number of furan rings is 1. The number of anilines is 1. The molecule has 0 unspecified atom stereocenters. The largest absolute Gasteiger partial charge is 0.748 e. The summed E-state index contributed by atoms with van der Waals surface area (Å²) in [6, 6.07) is 12.4. The highest BCUT2D eigenvalue weighted by atomic mass is 79.9. The molecular formula is C26H25BrN2O4S3. The van der Waals surface area contributed by atoms with Gasteiger partial charge in [-0.2, -0.15) is 4.57 Å². The van der Waals surface area contributed by atoms with Crippen LogP contribution in [0.3, 0.4) is 0 Å². The molecule has 6 nitrogen and oxygen atoms in total. The first-order valence-corrected chi connectivity index (χ1v) is 15.7. The number of halogens is 1. The zero-order chi connectivity index (χ0) is 25.4. The first kappa shape index (κ1) is 25.5. The van der Waals surface area contributed by atoms with E-state index in [0.29, 0.717) is 6.54 Å². The van der Waals surface area contributed by atoms with Crippen LogP contribution in [0.15, 0.2) is 73.1 Å². The van der Waals surface area contributed by atoms with E-state index in [2.05, 4.69) is 75.7 Å². The lowest BCUT2D eigenvalue weighted by molar-refractivity contribution is -0.668. The molecule has 188 valence electrons. The summed E-state index contributed by atoms with van der Waals surface area (Å²) in [5, 5.41) is 3.16. The number of thioether (sulfide) groups is 1. The van der Waals surface area contributed by atoms with E-state index in [1.54, 1.807) is 29.4 Å². The van der Waals surface area contributed by atoms with Crippen molar-refractivity contribution in [2.24, 2.45) is 0 Å². The summed E-state index contributed by atoms with van der Waals surface area (Å²) in [5.74, 6) is -0.394. The zero-order valence-corrected chi connectivity index (χ0v) is 23.9. The highest BCUT2D eigenvalue weighted by molar-refractivity contribution is 9.10. The third kappa shape index (κ3) is 5.15. The molecular weight excluding hydrogens is 580 g/mol. The molecule has 0 aliphatic carbocycles. The fourth-order valence-electron chi connectivity index (χ4n) is 4.41. The number of nitrogens with zero attached hydrogens (tertiary/aromatic N) is 2. The Bertz CT molecular complexity index is 1620. The van der Waals surface area contributed by atoms with Gasteiger partial charge in [0.05, 0.1) is 27.1 Å². The smallest absolute Gasteiger partial charge is 0.267 e. The monoisotopic (exact) mass is 604 g/mol. The molecule has 2 aromatic carbocycles. The van der Waals surface area contributed by atoms with Crippen LogP contribution < -0.4 is 9.47 Å². The number of benzene rings is 2. The molecule has 0 spiro atoms. The average molecular weight is 606 g/mol. The molecule has 0 fully saturated rings. The van der Waals surface area contributed by atoms with Crippen LogP contribution in [0.1, 0.15) is 31.7 Å². The molecule has 0 saturated carbocycles. The van der Waals surface area contributed by atoms with Crippen LogP contribution >= 0.6 is 39.0 Å². The van der Waals surface area contributed by atoms with Crippen LogP contribution in [-0.2, 0) is 16.7 Å². The van der Waals surface area contributed by atoms with Crippen molar-refractivity contribution in [3.05, 3.63) is 68.8 Å². The van der Waals surface area contributed by atoms with Gasteiger partial charge in [-0.05, 0) is 61.4 Å². The van der Waals surface area contributed by atoms with Gasteiger partial charge in [0.15, 0.2) is 6.54 Å². The summed E-state index contributed by atoms with van der Waals surface area (Å²) in [5.41, 5.74) is 4.07. The Morgan fingerprint density at radius 3 is 2.81 bits per heavy atom. The van der Waals surface area contributed by atoms with Crippen LogP contribution in [0.5, 0.6) is 0 Å². The lowest BCUT2D eigenvalue weighted by Crippen LogP contribution is -2.36. The van der Waals surface area contributed by atoms with Gasteiger partial charge in [0.2, 0.25) is 5.58 Å². The van der Waals surface area contributed by atoms with E-state index in [1.807, 2.05) is 12.1 Å². The second kappa shape index (κ2) is 10.3. The third-order valence-corrected chi connectivity index (χ3v) is 9.61. The van der Waals surface area contributed by atoms with Crippen LogP contribution in [0.2, 0.25) is 0 Å². The van der Waals surface area contributed by atoms with Gasteiger partial charge in [-0.15, -0.1) is 0 Å². The minimum atomic E-state index is -4.28. The first-order valence-electron chi connectivity index (χ1n) is 11.7. The molecule has 36 heavy (non-hydrogen) atoms. The lowest BCUT2D eigenvalue weighted by Gasteiger charge is -2.18. The predicted octanol–water partition coefficient (Wildman–Crippen LogP) is 6.90. The average Bonchev–Trinajstić information content (AvgIpc) is 3.52. The van der Waals surface area contributed by atoms with E-state index in [0.717, 1.165) is 49.2 Å². The maximum atomic E-state index is 11.3. The molecule has 2 aromatic heterocycles. The van der Waals surface area contributed by atoms with E-state index in [9.17, 15) is 13.0 Å². The Hall–Kier alpha value is -2.11. The Balaban J connectivity index is 1.57. The number of hydrogen-bond acceptors (Lipinski definition) is 7. The fourth-order valence-corrected chi connectivity index (χ4v) is 7.59. The zero-order valence-electron chi connectivity index (χ0n) is 19.9. The molecule has 0 atom stereocenters. The van der Waals surface area contributed by atoms with Gasteiger partial charge >= 0.3 is 0 Å². The maximum absolute atomic E-state index is 11.3. The SMILES string of the molecule is CCC(/C=C1\Sc2ccc(Br)cc2N1CC)=C\c1sc2ccc3ccoc3c2[n+]1CCCS(=O)(=O)[O-]. The number of aryl methyl sites for hydroxylation is 1. The quantitative estimate of drug-likeness (QED) is 0.161. The van der Waals surface area contributed by atoms with Crippen molar-refractivity contribution in [1.29, 1.82) is 0 Å². The molecule has 0 amide bonds. The minimum Gasteiger partial charge on any atom is -0.748 e. The van der Waals surface area contributed by atoms with Gasteiger partial charge < -0.3 is 13.9 Å². The summed E-state index contributed by atoms with van der Waals surface area (Å²) in [4.78, 5) is 3.55. The number of fused-ring (bicyclic) bond motifs is 4. The summed E-state index contributed by atoms with van der Waals surface area (Å²) in [7, 11) is -4.28. The van der Waals surface area contributed by atoms with Crippen molar-refractivity contribution >= 4 is 82.1 Å². The molecule has 5 rings (SSSR count). The van der Waals surface area contributed by atoms with Crippen molar-refractivity contribution < 1.29 is 22.0 Å². The van der Waals surface area contributed by atoms with Crippen molar-refractivity contribution in [2.45, 2.75) is 38.1 Å². The molecule has 0 saturated heterocycles. The van der Waals surface area contributed by atoms with Crippen LogP contribution in [-0.4, -0.2) is 25.3 Å². The van der Waals surface area contributed by atoms with Crippen molar-refractivity contribution in [3.8, 4) is 0 Å². The molecule has 0 N–H and O–H groups in total. The molecule has 1 aliphatic heterocycles. The summed E-state index contributed by atoms with van der Waals surface area (Å²) < 4.78 is 43.8. The molecule has 1 aliphatic rings. The van der Waals surface area contributed by atoms with Gasteiger partial charge in [0.1, 0.15) is 4.70 Å². The molecule has 0 bridgehead atoms. The number of thiazole rings is 1. The second-order valence-electron chi connectivity index (χ2n) is 8.47. The maximum Gasteiger partial charge on any atom is 0.267 e. The standard InChI is InChI=1S/C26H25BrN2O4S3/c1-3-17(14-23-28(4-2)20-16-19(27)7-9-21(20)34-23)15-24-29(11-5-13-36(30,31)32)25-22(35-24)8-6-18-10-12-33-26(18)25/h6-10,12,14-16H,3-5,11,13H2,1-2H3. The van der Waals surface area contributed by atoms with Gasteiger partial charge in [-0.1, -0.05) is 46.0 Å². The molecule has 3 heterocycles. The van der Waals surface area contributed by atoms with Crippen LogP contribution in [0.4, 0.5) is 5.69 Å². The van der Waals surface area contributed by atoms with E-state index < -0.39 is 15.9 Å². The highest BCUT2D eigenvalue weighted by Crippen LogP contribution is 2.47. The second-order valence-corrected chi connectivity index (χ2v) is 13.0. The first-order chi connectivity index (χ1) is 17.3. The Morgan fingerprint density at radius 1 is 1.22 bits per heavy atom. The molecule has 10 heteroatoms. The number of hydrogen-bond donors (Lipinski definition) is 0. The highest BCUT2D eigenvalue weighted by Gasteiger charge is 2.26. The normalized spacial score (nSPS) is 15.5. The Morgan fingerprint density at radius 2 is 2.06 bits per heavy atom. The van der Waals surface area contributed by atoms with Crippen molar-refractivity contribution in [2.75, 3.05) is 17.2 Å².